The van der Waals surface area contributed by atoms with Crippen LogP contribution in [0.4, 0.5) is 13.2 Å². The number of allylic oxidation sites excluding steroid dienone is 1. The molecule has 0 aliphatic heterocycles. The van der Waals surface area contributed by atoms with Crippen LogP contribution in [0, 0.1) is 5.92 Å². The largest absolute Gasteiger partial charge is 0.467 e. The molecule has 19 heavy (non-hydrogen) atoms. The number of carbonyl (C=O) groups is 1. The summed E-state index contributed by atoms with van der Waals surface area (Å²) >= 11 is 0. The summed E-state index contributed by atoms with van der Waals surface area (Å²) in [5.41, 5.74) is 0. The van der Waals surface area contributed by atoms with E-state index in [1.165, 1.54) is 6.08 Å². The van der Waals surface area contributed by atoms with Crippen LogP contribution in [0.5, 0.6) is 0 Å². The number of halogens is 3. The Morgan fingerprint density at radius 2 is 1.89 bits per heavy atom. The molecule has 0 unspecified atom stereocenters. The van der Waals surface area contributed by atoms with E-state index in [1.807, 2.05) is 6.92 Å². The van der Waals surface area contributed by atoms with Gasteiger partial charge in [0.2, 0.25) is 0 Å². The minimum atomic E-state index is -4.55. The summed E-state index contributed by atoms with van der Waals surface area (Å²) in [6.45, 7) is 2.01. The van der Waals surface area contributed by atoms with Gasteiger partial charge in [-0.25, -0.2) is 4.79 Å². The van der Waals surface area contributed by atoms with Gasteiger partial charge in [-0.2, -0.15) is 13.2 Å². The van der Waals surface area contributed by atoms with E-state index in [0.29, 0.717) is 6.42 Å². The SMILES string of the molecule is CCCCC/C=C/[C@@H]([C@H](OC)C(=O)OC)C(F)(F)F. The summed E-state index contributed by atoms with van der Waals surface area (Å²) < 4.78 is 47.6. The van der Waals surface area contributed by atoms with Crippen LogP contribution in [0.3, 0.4) is 0 Å². The first-order chi connectivity index (χ1) is 8.88. The lowest BCUT2D eigenvalue weighted by Crippen LogP contribution is -2.40. The van der Waals surface area contributed by atoms with Crippen LogP contribution in [-0.2, 0) is 14.3 Å². The quantitative estimate of drug-likeness (QED) is 0.388. The van der Waals surface area contributed by atoms with Crippen LogP contribution < -0.4 is 0 Å². The zero-order valence-electron chi connectivity index (χ0n) is 11.5. The summed E-state index contributed by atoms with van der Waals surface area (Å²) in [7, 11) is 2.10. The van der Waals surface area contributed by atoms with Crippen LogP contribution in [-0.4, -0.2) is 32.5 Å². The predicted molar refractivity (Wildman–Crippen MR) is 65.6 cm³/mol. The third kappa shape index (κ3) is 6.61. The average Bonchev–Trinajstić information content (AvgIpc) is 2.35. The highest BCUT2D eigenvalue weighted by Crippen LogP contribution is 2.32. The van der Waals surface area contributed by atoms with Gasteiger partial charge in [-0.05, 0) is 12.8 Å². The predicted octanol–water partition coefficient (Wildman–Crippen LogP) is 3.49. The normalized spacial score (nSPS) is 15.5. The van der Waals surface area contributed by atoms with E-state index in [0.717, 1.165) is 39.6 Å². The molecular weight excluding hydrogens is 261 g/mol. The van der Waals surface area contributed by atoms with Crippen LogP contribution in [0.2, 0.25) is 0 Å². The van der Waals surface area contributed by atoms with Crippen LogP contribution >= 0.6 is 0 Å². The molecule has 0 saturated heterocycles. The van der Waals surface area contributed by atoms with Crippen molar-refractivity contribution in [2.45, 2.75) is 44.9 Å². The molecule has 6 heteroatoms. The second kappa shape index (κ2) is 8.96. The number of ether oxygens (including phenoxy) is 2. The van der Waals surface area contributed by atoms with Crippen LogP contribution in [0.25, 0.3) is 0 Å². The number of hydrogen-bond donors (Lipinski definition) is 0. The smallest absolute Gasteiger partial charge is 0.398 e. The van der Waals surface area contributed by atoms with Crippen molar-refractivity contribution in [3.63, 3.8) is 0 Å². The number of unbranched alkanes of at least 4 members (excludes halogenated alkanes) is 3. The molecule has 0 amide bonds. The molecule has 0 aliphatic carbocycles. The number of rotatable bonds is 8. The zero-order valence-corrected chi connectivity index (χ0v) is 11.5. The van der Waals surface area contributed by atoms with E-state index in [2.05, 4.69) is 9.47 Å². The minimum absolute atomic E-state index is 0.554. The Morgan fingerprint density at radius 1 is 1.26 bits per heavy atom. The zero-order chi connectivity index (χ0) is 14.9. The van der Waals surface area contributed by atoms with Crippen molar-refractivity contribution >= 4 is 5.97 Å². The first kappa shape index (κ1) is 18.0. The van der Waals surface area contributed by atoms with Crippen molar-refractivity contribution in [2.24, 2.45) is 5.92 Å². The minimum Gasteiger partial charge on any atom is -0.467 e. The molecule has 0 spiro atoms. The molecule has 0 aromatic rings. The summed E-state index contributed by atoms with van der Waals surface area (Å²) in [6, 6.07) is 0. The van der Waals surface area contributed by atoms with Gasteiger partial charge in [-0.1, -0.05) is 31.9 Å². The fourth-order valence-corrected chi connectivity index (χ4v) is 1.64. The maximum atomic E-state index is 12.9. The standard InChI is InChI=1S/C13H21F3O3/c1-4-5-6-7-8-9-10(13(14,15)16)11(18-2)12(17)19-3/h8-11H,4-7H2,1-3H3/b9-8+/t10-,11-/m0/s1. The van der Waals surface area contributed by atoms with Gasteiger partial charge in [0.05, 0.1) is 7.11 Å². The van der Waals surface area contributed by atoms with Gasteiger partial charge in [-0.15, -0.1) is 0 Å². The van der Waals surface area contributed by atoms with Crippen molar-refractivity contribution in [1.29, 1.82) is 0 Å². The van der Waals surface area contributed by atoms with Gasteiger partial charge in [0, 0.05) is 7.11 Å². The average molecular weight is 282 g/mol. The van der Waals surface area contributed by atoms with Gasteiger partial charge >= 0.3 is 12.1 Å². The third-order valence-electron chi connectivity index (χ3n) is 2.71. The maximum Gasteiger partial charge on any atom is 0.398 e. The van der Waals surface area contributed by atoms with E-state index in [9.17, 15) is 18.0 Å². The Kier molecular flexibility index (Phi) is 8.47. The molecule has 0 bridgehead atoms. The summed E-state index contributed by atoms with van der Waals surface area (Å²) in [5.74, 6) is -3.00. The molecule has 0 saturated carbocycles. The molecule has 0 fully saturated rings. The Bertz CT molecular complexity index is 287. The number of hydrogen-bond acceptors (Lipinski definition) is 3. The highest BCUT2D eigenvalue weighted by atomic mass is 19.4. The van der Waals surface area contributed by atoms with Crippen molar-refractivity contribution in [3.05, 3.63) is 12.2 Å². The number of methoxy groups -OCH3 is 2. The summed E-state index contributed by atoms with van der Waals surface area (Å²) in [5, 5.41) is 0. The van der Waals surface area contributed by atoms with Gasteiger partial charge < -0.3 is 9.47 Å². The molecule has 0 aromatic carbocycles. The topological polar surface area (TPSA) is 35.5 Å². The van der Waals surface area contributed by atoms with Gasteiger partial charge in [0.15, 0.2) is 6.10 Å². The van der Waals surface area contributed by atoms with Crippen molar-refractivity contribution < 1.29 is 27.4 Å². The lowest BCUT2D eigenvalue weighted by molar-refractivity contribution is -0.200. The Labute approximate surface area is 111 Å². The lowest BCUT2D eigenvalue weighted by Gasteiger charge is -2.23. The molecule has 0 radical (unpaired) electrons. The highest BCUT2D eigenvalue weighted by molar-refractivity contribution is 5.75. The third-order valence-corrected chi connectivity index (χ3v) is 2.71. The van der Waals surface area contributed by atoms with Crippen molar-refractivity contribution in [2.75, 3.05) is 14.2 Å². The lowest BCUT2D eigenvalue weighted by atomic mass is 10.00. The monoisotopic (exact) mass is 282 g/mol. The van der Waals surface area contributed by atoms with E-state index < -0.39 is 24.2 Å². The fraction of sp³-hybridized carbons (Fsp3) is 0.769. The molecule has 0 heterocycles. The molecule has 0 aliphatic rings. The molecule has 3 nitrogen and oxygen atoms in total. The second-order valence-corrected chi connectivity index (χ2v) is 4.17. The first-order valence-corrected chi connectivity index (χ1v) is 6.22. The summed E-state index contributed by atoms with van der Waals surface area (Å²) in [4.78, 5) is 11.3. The molecular formula is C13H21F3O3. The van der Waals surface area contributed by atoms with Crippen LogP contribution in [0.15, 0.2) is 12.2 Å². The van der Waals surface area contributed by atoms with E-state index >= 15 is 0 Å². The maximum absolute atomic E-state index is 12.9. The van der Waals surface area contributed by atoms with Gasteiger partial charge in [0.1, 0.15) is 5.92 Å². The Hall–Kier alpha value is -1.04. The van der Waals surface area contributed by atoms with Crippen molar-refractivity contribution in [3.8, 4) is 0 Å². The van der Waals surface area contributed by atoms with Gasteiger partial charge in [-0.3, -0.25) is 0 Å². The Morgan fingerprint density at radius 3 is 2.32 bits per heavy atom. The second-order valence-electron chi connectivity index (χ2n) is 4.17. The van der Waals surface area contributed by atoms with Crippen molar-refractivity contribution in [1.82, 2.24) is 0 Å². The molecule has 2 atom stereocenters. The molecule has 112 valence electrons. The first-order valence-electron chi connectivity index (χ1n) is 6.22. The van der Waals surface area contributed by atoms with E-state index in [-0.39, 0.29) is 0 Å². The molecule has 0 rings (SSSR count). The van der Waals surface area contributed by atoms with E-state index in [1.54, 1.807) is 0 Å². The number of carbonyl (C=O) groups excluding carboxylic acids is 1. The number of esters is 1. The molecule has 0 N–H and O–H groups in total. The fourth-order valence-electron chi connectivity index (χ4n) is 1.64. The molecule has 0 aromatic heterocycles. The van der Waals surface area contributed by atoms with Crippen LogP contribution in [0.1, 0.15) is 32.6 Å². The number of alkyl halides is 3. The highest BCUT2D eigenvalue weighted by Gasteiger charge is 2.46. The Balaban J connectivity index is 4.76. The van der Waals surface area contributed by atoms with E-state index in [4.69, 9.17) is 0 Å². The van der Waals surface area contributed by atoms with Gasteiger partial charge in [0.25, 0.3) is 0 Å². The summed E-state index contributed by atoms with van der Waals surface area (Å²) in [6.07, 6.45) is -0.427.